The number of aromatic hydroxyl groups is 1. The molecule has 1 atom stereocenters. The summed E-state index contributed by atoms with van der Waals surface area (Å²) in [6.07, 6.45) is 0. The second-order valence-electron chi connectivity index (χ2n) is 5.80. The number of carbonyl (C=O) groups excluding carboxylic acids is 2. The number of ether oxygens (including phenoxy) is 1. The average molecular weight is 418 g/mol. The Kier molecular flexibility index (Phi) is 4.73. The number of benzene rings is 2. The van der Waals surface area contributed by atoms with Crippen LogP contribution in [0.2, 0.25) is 0 Å². The molecule has 0 aliphatic carbocycles. The van der Waals surface area contributed by atoms with Gasteiger partial charge in [0.25, 0.3) is 5.91 Å². The standard InChI is InChI=1S/C19H16BrNO5/c1-10(22)16-17(11-3-8-14(23)15(9-11)26-2)21(19(25)18(16)24)13-6-4-12(20)5-7-13/h3-9,17,23-24H,1-2H3/t17-/m1/s1. The SMILES string of the molecule is COc1cc([C@@H]2C(C(C)=O)=C(O)C(=O)N2c2ccc(Br)cc2)ccc1O. The molecule has 1 aliphatic heterocycles. The first kappa shape index (κ1) is 18.0. The number of nitrogens with zero attached hydrogens (tertiary/aromatic N) is 1. The topological polar surface area (TPSA) is 87.1 Å². The second-order valence-corrected chi connectivity index (χ2v) is 6.72. The normalized spacial score (nSPS) is 17.0. The van der Waals surface area contributed by atoms with Crippen LogP contribution in [0.3, 0.4) is 0 Å². The zero-order valence-corrected chi connectivity index (χ0v) is 15.6. The minimum absolute atomic E-state index is 0.00524. The summed E-state index contributed by atoms with van der Waals surface area (Å²) in [5.41, 5.74) is 1.06. The monoisotopic (exact) mass is 417 g/mol. The van der Waals surface area contributed by atoms with E-state index in [0.717, 1.165) is 4.47 Å². The van der Waals surface area contributed by atoms with Gasteiger partial charge in [0.1, 0.15) is 0 Å². The van der Waals surface area contributed by atoms with Crippen LogP contribution in [0.5, 0.6) is 11.5 Å². The molecule has 3 rings (SSSR count). The first-order valence-corrected chi connectivity index (χ1v) is 8.54. The number of carbonyl (C=O) groups is 2. The Balaban J connectivity index is 2.19. The maximum Gasteiger partial charge on any atom is 0.294 e. The maximum atomic E-state index is 12.7. The number of phenols is 1. The number of Topliss-reactive ketones (excluding diaryl/α,β-unsaturated/α-hetero) is 1. The summed E-state index contributed by atoms with van der Waals surface area (Å²) in [6, 6.07) is 10.7. The second kappa shape index (κ2) is 6.84. The van der Waals surface area contributed by atoms with Crippen LogP contribution < -0.4 is 9.64 Å². The van der Waals surface area contributed by atoms with Crippen molar-refractivity contribution in [3.05, 3.63) is 63.8 Å². The Morgan fingerprint density at radius 1 is 1.15 bits per heavy atom. The number of phenolic OH excluding ortho intramolecular Hbond substituents is 1. The minimum Gasteiger partial charge on any atom is -0.504 e. The molecular formula is C19H16BrNO5. The van der Waals surface area contributed by atoms with Crippen LogP contribution in [0.15, 0.2) is 58.3 Å². The number of methoxy groups -OCH3 is 1. The first-order valence-electron chi connectivity index (χ1n) is 7.75. The molecule has 6 nitrogen and oxygen atoms in total. The minimum atomic E-state index is -0.823. The van der Waals surface area contributed by atoms with Gasteiger partial charge in [0.15, 0.2) is 23.0 Å². The maximum absolute atomic E-state index is 12.7. The summed E-state index contributed by atoms with van der Waals surface area (Å²) in [5, 5.41) is 20.1. The predicted molar refractivity (Wildman–Crippen MR) is 99.4 cm³/mol. The van der Waals surface area contributed by atoms with Gasteiger partial charge in [0.05, 0.1) is 18.7 Å². The van der Waals surface area contributed by atoms with Gasteiger partial charge >= 0.3 is 0 Å². The number of halogens is 1. The van der Waals surface area contributed by atoms with Gasteiger partial charge in [-0.15, -0.1) is 0 Å². The molecule has 0 radical (unpaired) electrons. The fourth-order valence-electron chi connectivity index (χ4n) is 3.01. The van der Waals surface area contributed by atoms with Gasteiger partial charge in [-0.25, -0.2) is 0 Å². The molecule has 1 amide bonds. The molecule has 0 bridgehead atoms. The quantitative estimate of drug-likeness (QED) is 0.792. The lowest BCUT2D eigenvalue weighted by molar-refractivity contribution is -0.117. The molecule has 7 heteroatoms. The van der Waals surface area contributed by atoms with Crippen LogP contribution in [0, 0.1) is 0 Å². The Hall–Kier alpha value is -2.80. The largest absolute Gasteiger partial charge is 0.504 e. The molecule has 0 saturated carbocycles. The highest BCUT2D eigenvalue weighted by molar-refractivity contribution is 9.10. The third-order valence-corrected chi connectivity index (χ3v) is 4.74. The number of aliphatic hydroxyl groups is 1. The van der Waals surface area contributed by atoms with Crippen LogP contribution >= 0.6 is 15.9 Å². The van der Waals surface area contributed by atoms with E-state index in [9.17, 15) is 19.8 Å². The van der Waals surface area contributed by atoms with E-state index in [4.69, 9.17) is 4.74 Å². The van der Waals surface area contributed by atoms with Crippen LogP contribution in [0.4, 0.5) is 5.69 Å². The van der Waals surface area contributed by atoms with Crippen molar-refractivity contribution in [1.82, 2.24) is 0 Å². The number of hydrogen-bond acceptors (Lipinski definition) is 5. The summed E-state index contributed by atoms with van der Waals surface area (Å²) < 4.78 is 5.96. The van der Waals surface area contributed by atoms with Crippen LogP contribution in [-0.4, -0.2) is 29.0 Å². The molecule has 26 heavy (non-hydrogen) atoms. The molecule has 0 aromatic heterocycles. The van der Waals surface area contributed by atoms with Crippen molar-refractivity contribution in [3.63, 3.8) is 0 Å². The zero-order valence-electron chi connectivity index (χ0n) is 14.1. The van der Waals surface area contributed by atoms with E-state index >= 15 is 0 Å². The van der Waals surface area contributed by atoms with Crippen molar-refractivity contribution in [1.29, 1.82) is 0 Å². The molecule has 1 aliphatic rings. The summed E-state index contributed by atoms with van der Waals surface area (Å²) >= 11 is 3.34. The summed E-state index contributed by atoms with van der Waals surface area (Å²) in [6.45, 7) is 1.30. The van der Waals surface area contributed by atoms with Gasteiger partial charge < -0.3 is 14.9 Å². The molecule has 0 fully saturated rings. The van der Waals surface area contributed by atoms with Crippen LogP contribution in [0.25, 0.3) is 0 Å². The molecule has 2 aromatic carbocycles. The number of aliphatic hydroxyl groups excluding tert-OH is 1. The molecule has 0 spiro atoms. The van der Waals surface area contributed by atoms with E-state index < -0.39 is 23.5 Å². The summed E-state index contributed by atoms with van der Waals surface area (Å²) in [7, 11) is 1.41. The highest BCUT2D eigenvalue weighted by Gasteiger charge is 2.43. The van der Waals surface area contributed by atoms with Crippen molar-refractivity contribution in [2.45, 2.75) is 13.0 Å². The first-order chi connectivity index (χ1) is 12.3. The van der Waals surface area contributed by atoms with Crippen molar-refractivity contribution in [3.8, 4) is 11.5 Å². The van der Waals surface area contributed by atoms with Crippen molar-refractivity contribution in [2.24, 2.45) is 0 Å². The Bertz CT molecular complexity index is 920. The van der Waals surface area contributed by atoms with E-state index in [1.54, 1.807) is 36.4 Å². The number of amides is 1. The Morgan fingerprint density at radius 3 is 2.38 bits per heavy atom. The smallest absolute Gasteiger partial charge is 0.294 e. The molecule has 2 N–H and O–H groups in total. The van der Waals surface area contributed by atoms with Gasteiger partial charge in [0.2, 0.25) is 0 Å². The third kappa shape index (κ3) is 2.94. The number of hydrogen-bond donors (Lipinski definition) is 2. The summed E-state index contributed by atoms with van der Waals surface area (Å²) in [4.78, 5) is 26.2. The van der Waals surface area contributed by atoms with E-state index in [-0.39, 0.29) is 17.1 Å². The molecule has 0 saturated heterocycles. The van der Waals surface area contributed by atoms with Gasteiger partial charge in [-0.2, -0.15) is 0 Å². The Morgan fingerprint density at radius 2 is 1.81 bits per heavy atom. The lowest BCUT2D eigenvalue weighted by Crippen LogP contribution is -2.30. The molecule has 0 unspecified atom stereocenters. The molecule has 1 heterocycles. The predicted octanol–water partition coefficient (Wildman–Crippen LogP) is 3.65. The van der Waals surface area contributed by atoms with Crippen molar-refractivity contribution < 1.29 is 24.5 Å². The Labute approximate surface area is 158 Å². The van der Waals surface area contributed by atoms with Crippen LogP contribution in [-0.2, 0) is 9.59 Å². The lowest BCUT2D eigenvalue weighted by atomic mass is 9.96. The average Bonchev–Trinajstić information content (AvgIpc) is 2.88. The van der Waals surface area contributed by atoms with E-state index in [1.807, 2.05) is 0 Å². The van der Waals surface area contributed by atoms with Crippen molar-refractivity contribution >= 4 is 33.3 Å². The zero-order chi connectivity index (χ0) is 19.0. The fourth-order valence-corrected chi connectivity index (χ4v) is 3.28. The highest BCUT2D eigenvalue weighted by atomic mass is 79.9. The third-order valence-electron chi connectivity index (χ3n) is 4.21. The van der Waals surface area contributed by atoms with Gasteiger partial charge in [-0.3, -0.25) is 14.5 Å². The summed E-state index contributed by atoms with van der Waals surface area (Å²) in [5.74, 6) is -1.49. The molecule has 134 valence electrons. The number of anilines is 1. The van der Waals surface area contributed by atoms with Gasteiger partial charge in [-0.05, 0) is 48.9 Å². The lowest BCUT2D eigenvalue weighted by Gasteiger charge is -2.27. The van der Waals surface area contributed by atoms with Gasteiger partial charge in [-0.1, -0.05) is 22.0 Å². The van der Waals surface area contributed by atoms with Crippen LogP contribution in [0.1, 0.15) is 18.5 Å². The molecule has 2 aromatic rings. The highest BCUT2D eigenvalue weighted by Crippen LogP contribution is 2.43. The fraction of sp³-hybridized carbons (Fsp3) is 0.158. The van der Waals surface area contributed by atoms with E-state index in [1.165, 1.54) is 25.0 Å². The van der Waals surface area contributed by atoms with Gasteiger partial charge in [0, 0.05) is 10.2 Å². The number of ketones is 1. The number of rotatable bonds is 4. The van der Waals surface area contributed by atoms with E-state index in [2.05, 4.69) is 15.9 Å². The van der Waals surface area contributed by atoms with Crippen molar-refractivity contribution in [2.75, 3.05) is 12.0 Å². The van der Waals surface area contributed by atoms with E-state index in [0.29, 0.717) is 11.3 Å². The molecular weight excluding hydrogens is 402 g/mol.